The van der Waals surface area contributed by atoms with Crippen molar-refractivity contribution >= 4 is 16.9 Å². The van der Waals surface area contributed by atoms with E-state index in [1.165, 1.54) is 5.56 Å². The smallest absolute Gasteiger partial charge is 0.223 e. The van der Waals surface area contributed by atoms with E-state index in [1.54, 1.807) is 6.20 Å². The fraction of sp³-hybridized carbons (Fsp3) is 0.360. The highest BCUT2D eigenvalue weighted by molar-refractivity contribution is 5.79. The molecule has 162 valence electrons. The Morgan fingerprint density at radius 1 is 1.06 bits per heavy atom. The first-order chi connectivity index (χ1) is 15.8. The molecule has 1 N–H and O–H groups in total. The molecule has 3 aromatic heterocycles. The topological polar surface area (TPSA) is 79.7 Å². The third-order valence-corrected chi connectivity index (χ3v) is 7.16. The number of nitrogens with zero attached hydrogens (tertiary/aromatic N) is 5. The van der Waals surface area contributed by atoms with E-state index >= 15 is 0 Å². The molecule has 1 aromatic carbocycles. The predicted octanol–water partition coefficient (Wildman–Crippen LogP) is 3.83. The van der Waals surface area contributed by atoms with E-state index in [-0.39, 0.29) is 0 Å². The van der Waals surface area contributed by atoms with Crippen LogP contribution in [0, 0.1) is 5.92 Å². The Labute approximate surface area is 186 Å². The number of rotatable bonds is 6. The van der Waals surface area contributed by atoms with Crippen LogP contribution in [0.25, 0.3) is 22.4 Å². The average molecular weight is 427 g/mol. The number of aromatic amines is 1. The molecule has 4 aromatic rings. The number of carbonyl (C=O) groups is 1. The molecule has 2 aliphatic rings. The lowest BCUT2D eigenvalue weighted by Gasteiger charge is -2.25. The standard InChI is InChI=1S/C25H26N6O/c32-25(11-6-17-4-2-1-3-5-17)31-19-7-9-23(31)18(14-19)16-30-13-12-21-24(30)10-8-20(27-21)22-15-26-29-28-22/h1-5,8,10,12-13,15,18-19,23H,6-7,9,11,14,16H2,(H,26,28,29). The molecule has 7 nitrogen and oxygen atoms in total. The van der Waals surface area contributed by atoms with Crippen molar-refractivity contribution in [2.45, 2.75) is 50.7 Å². The van der Waals surface area contributed by atoms with Gasteiger partial charge in [-0.2, -0.15) is 15.4 Å². The maximum absolute atomic E-state index is 13.1. The lowest BCUT2D eigenvalue weighted by atomic mass is 9.89. The Bertz CT molecular complexity index is 1230. The van der Waals surface area contributed by atoms with Gasteiger partial charge in [0.05, 0.1) is 22.9 Å². The van der Waals surface area contributed by atoms with Gasteiger partial charge >= 0.3 is 0 Å². The molecule has 2 saturated heterocycles. The van der Waals surface area contributed by atoms with E-state index in [4.69, 9.17) is 4.98 Å². The minimum atomic E-state index is 0.320. The minimum Gasteiger partial charge on any atom is -0.346 e. The van der Waals surface area contributed by atoms with Crippen LogP contribution in [0.1, 0.15) is 31.2 Å². The molecule has 32 heavy (non-hydrogen) atoms. The zero-order chi connectivity index (χ0) is 21.5. The van der Waals surface area contributed by atoms with Crippen LogP contribution in [0.5, 0.6) is 0 Å². The lowest BCUT2D eigenvalue weighted by Crippen LogP contribution is -2.37. The van der Waals surface area contributed by atoms with Crippen molar-refractivity contribution in [3.05, 3.63) is 66.5 Å². The molecule has 0 spiro atoms. The van der Waals surface area contributed by atoms with Crippen molar-refractivity contribution < 1.29 is 4.79 Å². The summed E-state index contributed by atoms with van der Waals surface area (Å²) < 4.78 is 2.30. The van der Waals surface area contributed by atoms with Crippen LogP contribution in [0.4, 0.5) is 0 Å². The van der Waals surface area contributed by atoms with Gasteiger partial charge in [0, 0.05) is 31.2 Å². The summed E-state index contributed by atoms with van der Waals surface area (Å²) in [5, 5.41) is 10.6. The maximum atomic E-state index is 13.1. The number of fused-ring (bicyclic) bond motifs is 3. The molecule has 3 atom stereocenters. The van der Waals surface area contributed by atoms with Crippen LogP contribution in [-0.4, -0.2) is 47.9 Å². The van der Waals surface area contributed by atoms with Crippen LogP contribution in [0.2, 0.25) is 0 Å². The van der Waals surface area contributed by atoms with Crippen LogP contribution in [0.15, 0.2) is 60.9 Å². The van der Waals surface area contributed by atoms with Crippen molar-refractivity contribution in [2.75, 3.05) is 0 Å². The predicted molar refractivity (Wildman–Crippen MR) is 122 cm³/mol. The monoisotopic (exact) mass is 426 g/mol. The van der Waals surface area contributed by atoms with E-state index < -0.39 is 0 Å². The highest BCUT2D eigenvalue weighted by Gasteiger charge is 2.48. The first-order valence-electron chi connectivity index (χ1n) is 11.4. The van der Waals surface area contributed by atoms with Gasteiger partial charge in [-0.1, -0.05) is 30.3 Å². The third kappa shape index (κ3) is 3.38. The van der Waals surface area contributed by atoms with E-state index in [9.17, 15) is 4.79 Å². The second-order valence-electron chi connectivity index (χ2n) is 9.01. The maximum Gasteiger partial charge on any atom is 0.223 e. The van der Waals surface area contributed by atoms with E-state index in [0.717, 1.165) is 54.6 Å². The summed E-state index contributed by atoms with van der Waals surface area (Å²) in [6.45, 7) is 0.929. The zero-order valence-electron chi connectivity index (χ0n) is 17.9. The van der Waals surface area contributed by atoms with Crippen LogP contribution in [0.3, 0.4) is 0 Å². The SMILES string of the molecule is O=C(CCc1ccccc1)N1C2CCC1C(Cn1ccc3nc(-c4cn[nH]n4)ccc31)C2. The van der Waals surface area contributed by atoms with Gasteiger partial charge in [0.1, 0.15) is 5.69 Å². The molecule has 7 heteroatoms. The highest BCUT2D eigenvalue weighted by atomic mass is 16.2. The van der Waals surface area contributed by atoms with Gasteiger partial charge in [0.15, 0.2) is 0 Å². The molecule has 6 rings (SSSR count). The van der Waals surface area contributed by atoms with Crippen LogP contribution in [-0.2, 0) is 17.8 Å². The van der Waals surface area contributed by atoms with Gasteiger partial charge in [0.25, 0.3) is 0 Å². The van der Waals surface area contributed by atoms with Crippen LogP contribution >= 0.6 is 0 Å². The summed E-state index contributed by atoms with van der Waals surface area (Å²) in [5.74, 6) is 0.820. The number of hydrogen-bond donors (Lipinski definition) is 1. The van der Waals surface area contributed by atoms with Gasteiger partial charge in [-0.3, -0.25) is 4.79 Å². The minimum absolute atomic E-state index is 0.320. The lowest BCUT2D eigenvalue weighted by molar-refractivity contribution is -0.132. The van der Waals surface area contributed by atoms with E-state index in [1.807, 2.05) is 24.3 Å². The molecule has 2 fully saturated rings. The third-order valence-electron chi connectivity index (χ3n) is 7.16. The summed E-state index contributed by atoms with van der Waals surface area (Å²) in [6.07, 6.45) is 8.61. The number of amides is 1. The highest BCUT2D eigenvalue weighted by Crippen LogP contribution is 2.43. The number of H-pyrrole nitrogens is 1. The summed E-state index contributed by atoms with van der Waals surface area (Å²) in [7, 11) is 0. The van der Waals surface area contributed by atoms with Crippen molar-refractivity contribution in [3.8, 4) is 11.4 Å². The van der Waals surface area contributed by atoms with Gasteiger partial charge in [-0.05, 0) is 55.4 Å². The van der Waals surface area contributed by atoms with Crippen molar-refractivity contribution in [3.63, 3.8) is 0 Å². The Kier molecular flexibility index (Phi) is 4.74. The second-order valence-corrected chi connectivity index (χ2v) is 9.01. The van der Waals surface area contributed by atoms with Gasteiger partial charge < -0.3 is 9.47 Å². The summed E-state index contributed by atoms with van der Waals surface area (Å²) in [5.41, 5.74) is 4.89. The molecule has 0 saturated carbocycles. The molecule has 0 radical (unpaired) electrons. The summed E-state index contributed by atoms with van der Waals surface area (Å²) in [6, 6.07) is 17.3. The van der Waals surface area contributed by atoms with Gasteiger partial charge in [0.2, 0.25) is 5.91 Å². The molecule has 5 heterocycles. The Morgan fingerprint density at radius 2 is 1.97 bits per heavy atom. The molecule has 1 amide bonds. The van der Waals surface area contributed by atoms with Crippen molar-refractivity contribution in [1.82, 2.24) is 29.9 Å². The fourth-order valence-electron chi connectivity index (χ4n) is 5.68. The normalized spacial score (nSPS) is 22.1. The first-order valence-corrected chi connectivity index (χ1v) is 11.4. The quantitative estimate of drug-likeness (QED) is 0.508. The Morgan fingerprint density at radius 3 is 2.81 bits per heavy atom. The van der Waals surface area contributed by atoms with Crippen LogP contribution < -0.4 is 0 Å². The van der Waals surface area contributed by atoms with E-state index in [0.29, 0.717) is 30.3 Å². The number of hydrogen-bond acceptors (Lipinski definition) is 4. The summed E-state index contributed by atoms with van der Waals surface area (Å²) >= 11 is 0. The zero-order valence-corrected chi connectivity index (χ0v) is 17.9. The number of aromatic nitrogens is 5. The molecular formula is C25H26N6O. The molecule has 2 bridgehead atoms. The Hall–Kier alpha value is -3.48. The summed E-state index contributed by atoms with van der Waals surface area (Å²) in [4.78, 5) is 20.1. The number of pyridine rings is 1. The first kappa shape index (κ1) is 19.2. The second kappa shape index (κ2) is 7.89. The van der Waals surface area contributed by atoms with Gasteiger partial charge in [-0.15, -0.1) is 0 Å². The largest absolute Gasteiger partial charge is 0.346 e. The molecular weight excluding hydrogens is 400 g/mol. The molecule has 0 aliphatic carbocycles. The Balaban J connectivity index is 1.15. The number of aryl methyl sites for hydroxylation is 1. The van der Waals surface area contributed by atoms with E-state index in [2.05, 4.69) is 55.3 Å². The molecule has 3 unspecified atom stereocenters. The van der Waals surface area contributed by atoms with Gasteiger partial charge in [-0.25, -0.2) is 4.98 Å². The fourth-order valence-corrected chi connectivity index (χ4v) is 5.68. The number of nitrogens with one attached hydrogen (secondary N) is 1. The average Bonchev–Trinajstić information content (AvgIpc) is 3.62. The number of carbonyl (C=O) groups excluding carboxylic acids is 1. The molecule has 2 aliphatic heterocycles. The van der Waals surface area contributed by atoms with Crippen molar-refractivity contribution in [1.29, 1.82) is 0 Å². The van der Waals surface area contributed by atoms with Crippen molar-refractivity contribution in [2.24, 2.45) is 5.92 Å². The number of benzene rings is 1.